The van der Waals surface area contributed by atoms with Gasteiger partial charge in [0, 0.05) is 18.6 Å². The molecule has 2 aliphatic heterocycles. The Bertz CT molecular complexity index is 413. The van der Waals surface area contributed by atoms with Gasteiger partial charge in [0.1, 0.15) is 12.7 Å². The van der Waals surface area contributed by atoms with E-state index in [1.165, 1.54) is 45.3 Å². The molecule has 3 atom stereocenters. The van der Waals surface area contributed by atoms with Crippen LogP contribution in [0, 0.1) is 11.8 Å². The molecule has 3 aliphatic rings. The van der Waals surface area contributed by atoms with Crippen LogP contribution in [0.15, 0.2) is 12.7 Å². The molecule has 1 N–H and O–H groups in total. The normalized spacial score (nSPS) is 35.5. The van der Waals surface area contributed by atoms with Crippen molar-refractivity contribution in [3.63, 3.8) is 0 Å². The lowest BCUT2D eigenvalue weighted by Gasteiger charge is -2.34. The molecule has 0 unspecified atom stereocenters. The van der Waals surface area contributed by atoms with Crippen molar-refractivity contribution < 1.29 is 0 Å². The quantitative estimate of drug-likeness (QED) is 0.868. The molecule has 0 aromatic carbocycles. The molecule has 1 aromatic rings. The summed E-state index contributed by atoms with van der Waals surface area (Å²) in [6.07, 6.45) is 9.05. The van der Waals surface area contributed by atoms with E-state index >= 15 is 0 Å². The van der Waals surface area contributed by atoms with E-state index in [0.29, 0.717) is 6.04 Å². The lowest BCUT2D eigenvalue weighted by molar-refractivity contribution is 0.139. The summed E-state index contributed by atoms with van der Waals surface area (Å²) in [6, 6.07) is 1.48. The number of piperidine rings is 1. The third-order valence-corrected chi connectivity index (χ3v) is 5.07. The maximum atomic E-state index is 4.29. The number of rotatable bonds is 4. The van der Waals surface area contributed by atoms with Gasteiger partial charge in [0.15, 0.2) is 0 Å². The molecule has 0 bridgehead atoms. The SMILES string of the molecule is c1ncn(C[C@@H]2C[C@@H]3CNCC[C@@H]3N2CC2CC2)n1. The van der Waals surface area contributed by atoms with Crippen molar-refractivity contribution in [1.29, 1.82) is 0 Å². The van der Waals surface area contributed by atoms with Gasteiger partial charge >= 0.3 is 0 Å². The van der Waals surface area contributed by atoms with Crippen molar-refractivity contribution in [1.82, 2.24) is 25.0 Å². The van der Waals surface area contributed by atoms with Crippen molar-refractivity contribution in [2.45, 2.75) is 44.3 Å². The van der Waals surface area contributed by atoms with Crippen LogP contribution in [0.4, 0.5) is 0 Å². The fourth-order valence-electron chi connectivity index (χ4n) is 3.95. The number of hydrogen-bond donors (Lipinski definition) is 1. The van der Waals surface area contributed by atoms with Crippen LogP contribution in [-0.4, -0.2) is 51.4 Å². The number of nitrogens with one attached hydrogen (secondary N) is 1. The van der Waals surface area contributed by atoms with Gasteiger partial charge in [-0.15, -0.1) is 0 Å². The third-order valence-electron chi connectivity index (χ3n) is 5.07. The van der Waals surface area contributed by atoms with Crippen LogP contribution in [0.1, 0.15) is 25.7 Å². The van der Waals surface area contributed by atoms with E-state index < -0.39 is 0 Å². The molecule has 2 saturated heterocycles. The Kier molecular flexibility index (Phi) is 3.04. The molecule has 1 saturated carbocycles. The number of hydrogen-bond acceptors (Lipinski definition) is 4. The Morgan fingerprint density at radius 1 is 1.21 bits per heavy atom. The first-order chi connectivity index (χ1) is 9.40. The van der Waals surface area contributed by atoms with Gasteiger partial charge in [0.25, 0.3) is 0 Å². The van der Waals surface area contributed by atoms with Gasteiger partial charge in [0.05, 0.1) is 6.54 Å². The Hall–Kier alpha value is -0.940. The first-order valence-corrected chi connectivity index (χ1v) is 7.69. The highest BCUT2D eigenvalue weighted by Gasteiger charge is 2.43. The Morgan fingerprint density at radius 3 is 2.95 bits per heavy atom. The summed E-state index contributed by atoms with van der Waals surface area (Å²) in [7, 11) is 0. The van der Waals surface area contributed by atoms with E-state index in [-0.39, 0.29) is 0 Å². The third kappa shape index (κ3) is 2.41. The lowest BCUT2D eigenvalue weighted by atomic mass is 9.93. The molecule has 104 valence electrons. The topological polar surface area (TPSA) is 46.0 Å². The van der Waals surface area contributed by atoms with Gasteiger partial charge in [-0.1, -0.05) is 0 Å². The van der Waals surface area contributed by atoms with Gasteiger partial charge < -0.3 is 5.32 Å². The minimum absolute atomic E-state index is 0.664. The van der Waals surface area contributed by atoms with Crippen LogP contribution >= 0.6 is 0 Å². The average Bonchev–Trinajstić information content (AvgIpc) is 2.98. The van der Waals surface area contributed by atoms with Gasteiger partial charge in [-0.2, -0.15) is 5.10 Å². The van der Waals surface area contributed by atoms with E-state index in [2.05, 4.69) is 20.3 Å². The largest absolute Gasteiger partial charge is 0.316 e. The number of likely N-dealkylation sites (tertiary alicyclic amines) is 1. The molecule has 5 nitrogen and oxygen atoms in total. The van der Waals surface area contributed by atoms with E-state index in [4.69, 9.17) is 0 Å². The van der Waals surface area contributed by atoms with E-state index in [1.54, 1.807) is 6.33 Å². The van der Waals surface area contributed by atoms with Crippen molar-refractivity contribution >= 4 is 0 Å². The second-order valence-corrected chi connectivity index (χ2v) is 6.47. The molecular formula is C14H23N5. The average molecular weight is 261 g/mol. The Labute approximate surface area is 114 Å². The molecule has 3 fully saturated rings. The summed E-state index contributed by atoms with van der Waals surface area (Å²) in [5.41, 5.74) is 0. The van der Waals surface area contributed by atoms with Crippen LogP contribution in [-0.2, 0) is 6.54 Å². The molecule has 4 rings (SSSR count). The summed E-state index contributed by atoms with van der Waals surface area (Å²) < 4.78 is 2.01. The summed E-state index contributed by atoms with van der Waals surface area (Å²) in [5, 5.41) is 7.85. The zero-order chi connectivity index (χ0) is 12.7. The van der Waals surface area contributed by atoms with E-state index in [0.717, 1.165) is 24.4 Å². The predicted molar refractivity (Wildman–Crippen MR) is 72.6 cm³/mol. The van der Waals surface area contributed by atoms with Gasteiger partial charge in [-0.25, -0.2) is 4.98 Å². The Morgan fingerprint density at radius 2 is 2.16 bits per heavy atom. The minimum Gasteiger partial charge on any atom is -0.316 e. The summed E-state index contributed by atoms with van der Waals surface area (Å²) in [5.74, 6) is 1.83. The summed E-state index contributed by atoms with van der Waals surface area (Å²) >= 11 is 0. The number of fused-ring (bicyclic) bond motifs is 1. The van der Waals surface area contributed by atoms with Crippen LogP contribution in [0.2, 0.25) is 0 Å². The number of nitrogens with zero attached hydrogens (tertiary/aromatic N) is 4. The maximum Gasteiger partial charge on any atom is 0.137 e. The number of aromatic nitrogens is 3. The fraction of sp³-hybridized carbons (Fsp3) is 0.857. The van der Waals surface area contributed by atoms with Gasteiger partial charge in [0.2, 0.25) is 0 Å². The Balaban J connectivity index is 1.50. The minimum atomic E-state index is 0.664. The van der Waals surface area contributed by atoms with Crippen molar-refractivity contribution in [3.05, 3.63) is 12.7 Å². The van der Waals surface area contributed by atoms with Crippen molar-refractivity contribution in [3.8, 4) is 0 Å². The smallest absolute Gasteiger partial charge is 0.137 e. The highest BCUT2D eigenvalue weighted by Crippen LogP contribution is 2.38. The second-order valence-electron chi connectivity index (χ2n) is 6.47. The zero-order valence-corrected chi connectivity index (χ0v) is 11.4. The van der Waals surface area contributed by atoms with Gasteiger partial charge in [-0.05, 0) is 50.6 Å². The second kappa shape index (κ2) is 4.87. The first kappa shape index (κ1) is 11.9. The molecule has 1 aliphatic carbocycles. The molecule has 19 heavy (non-hydrogen) atoms. The molecule has 1 aromatic heterocycles. The monoisotopic (exact) mass is 261 g/mol. The molecule has 0 amide bonds. The standard InChI is InChI=1S/C14H23N5/c1-2-11(1)7-19-13(8-18-10-16-9-17-18)5-12-6-15-4-3-14(12)19/h9-15H,1-8H2/t12-,13+,14+/m1/s1. The molecular weight excluding hydrogens is 238 g/mol. The predicted octanol–water partition coefficient (Wildman–Crippen LogP) is 0.740. The van der Waals surface area contributed by atoms with E-state index in [1.807, 2.05) is 11.0 Å². The van der Waals surface area contributed by atoms with Crippen LogP contribution < -0.4 is 5.32 Å². The zero-order valence-electron chi connectivity index (χ0n) is 11.4. The maximum absolute atomic E-state index is 4.29. The molecule has 0 spiro atoms. The molecule has 5 heteroatoms. The van der Waals surface area contributed by atoms with Crippen LogP contribution in [0.3, 0.4) is 0 Å². The highest BCUT2D eigenvalue weighted by molar-refractivity contribution is 4.98. The summed E-state index contributed by atoms with van der Waals surface area (Å²) in [4.78, 5) is 6.88. The van der Waals surface area contributed by atoms with Crippen LogP contribution in [0.25, 0.3) is 0 Å². The molecule has 0 radical (unpaired) electrons. The molecule has 3 heterocycles. The first-order valence-electron chi connectivity index (χ1n) is 7.69. The van der Waals surface area contributed by atoms with Gasteiger partial charge in [-0.3, -0.25) is 9.58 Å². The summed E-state index contributed by atoms with van der Waals surface area (Å²) in [6.45, 7) is 4.73. The fourth-order valence-corrected chi connectivity index (χ4v) is 3.95. The van der Waals surface area contributed by atoms with Crippen molar-refractivity contribution in [2.75, 3.05) is 19.6 Å². The van der Waals surface area contributed by atoms with E-state index in [9.17, 15) is 0 Å². The van der Waals surface area contributed by atoms with Crippen LogP contribution in [0.5, 0.6) is 0 Å². The lowest BCUT2D eigenvalue weighted by Crippen LogP contribution is -2.46. The highest BCUT2D eigenvalue weighted by atomic mass is 15.3. The van der Waals surface area contributed by atoms with Crippen molar-refractivity contribution in [2.24, 2.45) is 11.8 Å².